The molecule has 3 nitrogen and oxygen atoms in total. The molecular weight excluding hydrogens is 259 g/mol. The summed E-state index contributed by atoms with van der Waals surface area (Å²) < 4.78 is 0.399. The molecular formula is C8H6BrClO3. The Bertz CT molecular complexity index is 351. The lowest BCUT2D eigenvalue weighted by Crippen LogP contribution is -2.00. The summed E-state index contributed by atoms with van der Waals surface area (Å²) in [6, 6.07) is 2.93. The molecule has 1 aromatic rings. The van der Waals surface area contributed by atoms with Gasteiger partial charge in [0.1, 0.15) is 5.75 Å². The first-order chi connectivity index (χ1) is 6.00. The molecule has 2 N–H and O–H groups in total. The molecule has 13 heavy (non-hydrogen) atoms. The summed E-state index contributed by atoms with van der Waals surface area (Å²) in [4.78, 5) is 10.4. The first-order valence-corrected chi connectivity index (χ1v) is 4.56. The van der Waals surface area contributed by atoms with Gasteiger partial charge in [-0.3, -0.25) is 4.79 Å². The largest absolute Gasteiger partial charge is 0.506 e. The second kappa shape index (κ2) is 3.98. The maximum atomic E-state index is 10.4. The lowest BCUT2D eigenvalue weighted by atomic mass is 10.1. The molecule has 0 bridgehead atoms. The molecule has 0 spiro atoms. The van der Waals surface area contributed by atoms with E-state index in [1.54, 1.807) is 0 Å². The lowest BCUT2D eigenvalue weighted by Gasteiger charge is -2.04. The van der Waals surface area contributed by atoms with Crippen molar-refractivity contribution in [3.8, 4) is 5.75 Å². The molecule has 0 aliphatic carbocycles. The number of phenolic OH excluding ortho intramolecular Hbond substituents is 1. The average Bonchev–Trinajstić information content (AvgIpc) is 1.98. The van der Waals surface area contributed by atoms with Crippen LogP contribution in [0.25, 0.3) is 0 Å². The SMILES string of the molecule is O=C(O)Cc1cc(Cl)cc(Br)c1O. The third kappa shape index (κ3) is 2.60. The molecule has 0 unspecified atom stereocenters. The summed E-state index contributed by atoms with van der Waals surface area (Å²) in [5.74, 6) is -1.09. The minimum atomic E-state index is -1.01. The van der Waals surface area contributed by atoms with Gasteiger partial charge in [-0.15, -0.1) is 0 Å². The fourth-order valence-electron chi connectivity index (χ4n) is 0.917. The van der Waals surface area contributed by atoms with E-state index in [1.807, 2.05) is 0 Å². The van der Waals surface area contributed by atoms with Crippen molar-refractivity contribution < 1.29 is 15.0 Å². The fourth-order valence-corrected chi connectivity index (χ4v) is 1.79. The highest BCUT2D eigenvalue weighted by Gasteiger charge is 2.10. The van der Waals surface area contributed by atoms with Gasteiger partial charge in [0, 0.05) is 10.6 Å². The van der Waals surface area contributed by atoms with E-state index in [1.165, 1.54) is 12.1 Å². The Morgan fingerprint density at radius 2 is 2.15 bits per heavy atom. The van der Waals surface area contributed by atoms with E-state index in [9.17, 15) is 9.90 Å². The molecule has 0 atom stereocenters. The van der Waals surface area contributed by atoms with Crippen LogP contribution in [0.3, 0.4) is 0 Å². The zero-order valence-electron chi connectivity index (χ0n) is 6.42. The molecule has 0 saturated carbocycles. The zero-order valence-corrected chi connectivity index (χ0v) is 8.76. The van der Waals surface area contributed by atoms with Crippen molar-refractivity contribution in [2.24, 2.45) is 0 Å². The third-order valence-electron chi connectivity index (χ3n) is 1.45. The van der Waals surface area contributed by atoms with Crippen LogP contribution in [0.1, 0.15) is 5.56 Å². The van der Waals surface area contributed by atoms with Crippen molar-refractivity contribution in [2.45, 2.75) is 6.42 Å². The number of aromatic hydroxyl groups is 1. The van der Waals surface area contributed by atoms with E-state index >= 15 is 0 Å². The Labute approximate surface area is 88.1 Å². The van der Waals surface area contributed by atoms with Crippen LogP contribution in [0.15, 0.2) is 16.6 Å². The molecule has 0 aliphatic heterocycles. The van der Waals surface area contributed by atoms with Crippen molar-refractivity contribution in [3.05, 3.63) is 27.2 Å². The van der Waals surface area contributed by atoms with Crippen LogP contribution in [0, 0.1) is 0 Å². The highest BCUT2D eigenvalue weighted by atomic mass is 79.9. The van der Waals surface area contributed by atoms with Gasteiger partial charge in [-0.2, -0.15) is 0 Å². The topological polar surface area (TPSA) is 57.5 Å². The van der Waals surface area contributed by atoms with Gasteiger partial charge in [0.2, 0.25) is 0 Å². The third-order valence-corrected chi connectivity index (χ3v) is 2.27. The summed E-state index contributed by atoms with van der Waals surface area (Å²) in [5.41, 5.74) is 0.298. The molecule has 5 heteroatoms. The molecule has 0 radical (unpaired) electrons. The van der Waals surface area contributed by atoms with Crippen LogP contribution in [0.5, 0.6) is 5.75 Å². The fraction of sp³-hybridized carbons (Fsp3) is 0.125. The van der Waals surface area contributed by atoms with Crippen molar-refractivity contribution >= 4 is 33.5 Å². The van der Waals surface area contributed by atoms with Crippen LogP contribution < -0.4 is 0 Å². The molecule has 70 valence electrons. The minimum Gasteiger partial charge on any atom is -0.506 e. The summed E-state index contributed by atoms with van der Waals surface area (Å²) >= 11 is 8.73. The van der Waals surface area contributed by atoms with E-state index in [4.69, 9.17) is 16.7 Å². The molecule has 1 aromatic carbocycles. The summed E-state index contributed by atoms with van der Waals surface area (Å²) in [6.07, 6.45) is -0.245. The Kier molecular flexibility index (Phi) is 3.17. The number of hydrogen-bond donors (Lipinski definition) is 2. The number of carbonyl (C=O) groups is 1. The van der Waals surface area contributed by atoms with Crippen LogP contribution in [0.4, 0.5) is 0 Å². The molecule has 0 saturated heterocycles. The second-order valence-corrected chi connectivity index (χ2v) is 3.76. The van der Waals surface area contributed by atoms with Crippen LogP contribution in [-0.4, -0.2) is 16.2 Å². The number of phenols is 1. The molecule has 0 amide bonds. The van der Waals surface area contributed by atoms with Crippen LogP contribution >= 0.6 is 27.5 Å². The summed E-state index contributed by atoms with van der Waals surface area (Å²) in [6.45, 7) is 0. The normalized spacial score (nSPS) is 10.0. The predicted octanol–water partition coefficient (Wildman–Crippen LogP) is 2.44. The van der Waals surface area contributed by atoms with Gasteiger partial charge in [0.05, 0.1) is 10.9 Å². The number of halogens is 2. The Hall–Kier alpha value is -0.740. The summed E-state index contributed by atoms with van der Waals surface area (Å²) in [7, 11) is 0. The van der Waals surface area contributed by atoms with Crippen molar-refractivity contribution in [2.75, 3.05) is 0 Å². The first-order valence-electron chi connectivity index (χ1n) is 3.39. The smallest absolute Gasteiger partial charge is 0.307 e. The van der Waals surface area contributed by atoms with Gasteiger partial charge in [-0.25, -0.2) is 0 Å². The molecule has 0 aromatic heterocycles. The van der Waals surface area contributed by atoms with Crippen LogP contribution in [0.2, 0.25) is 5.02 Å². The van der Waals surface area contributed by atoms with Crippen molar-refractivity contribution in [3.63, 3.8) is 0 Å². The molecule has 1 rings (SSSR count). The number of carboxylic acids is 1. The second-order valence-electron chi connectivity index (χ2n) is 2.47. The average molecular weight is 265 g/mol. The van der Waals surface area contributed by atoms with E-state index < -0.39 is 5.97 Å². The van der Waals surface area contributed by atoms with Gasteiger partial charge in [-0.1, -0.05) is 11.6 Å². The molecule has 0 aliphatic rings. The van der Waals surface area contributed by atoms with Gasteiger partial charge < -0.3 is 10.2 Å². The zero-order chi connectivity index (χ0) is 10.0. The van der Waals surface area contributed by atoms with Gasteiger partial charge in [-0.05, 0) is 28.1 Å². The number of benzene rings is 1. The maximum absolute atomic E-state index is 10.4. The Morgan fingerprint density at radius 1 is 1.54 bits per heavy atom. The lowest BCUT2D eigenvalue weighted by molar-refractivity contribution is -0.136. The Balaban J connectivity index is 3.12. The monoisotopic (exact) mass is 264 g/mol. The predicted molar refractivity (Wildman–Crippen MR) is 52.2 cm³/mol. The maximum Gasteiger partial charge on any atom is 0.307 e. The number of hydrogen-bond acceptors (Lipinski definition) is 2. The van der Waals surface area contributed by atoms with Gasteiger partial charge in [0.15, 0.2) is 0 Å². The number of rotatable bonds is 2. The molecule has 0 fully saturated rings. The van der Waals surface area contributed by atoms with Crippen molar-refractivity contribution in [1.82, 2.24) is 0 Å². The van der Waals surface area contributed by atoms with E-state index in [0.717, 1.165) is 0 Å². The standard InChI is InChI=1S/C8H6BrClO3/c9-6-3-5(10)1-4(8(6)13)2-7(11)12/h1,3,13H,2H2,(H,11,12). The van der Waals surface area contributed by atoms with E-state index in [0.29, 0.717) is 15.1 Å². The highest BCUT2D eigenvalue weighted by molar-refractivity contribution is 9.10. The van der Waals surface area contributed by atoms with E-state index in [-0.39, 0.29) is 12.2 Å². The van der Waals surface area contributed by atoms with E-state index in [2.05, 4.69) is 15.9 Å². The number of aliphatic carboxylic acids is 1. The highest BCUT2D eigenvalue weighted by Crippen LogP contribution is 2.31. The minimum absolute atomic E-state index is 0.0770. The van der Waals surface area contributed by atoms with Gasteiger partial charge >= 0.3 is 5.97 Å². The molecule has 0 heterocycles. The number of carboxylic acid groups (broad SMARTS) is 1. The quantitative estimate of drug-likeness (QED) is 0.863. The Morgan fingerprint density at radius 3 is 2.69 bits per heavy atom. The van der Waals surface area contributed by atoms with Crippen LogP contribution in [-0.2, 0) is 11.2 Å². The van der Waals surface area contributed by atoms with Crippen molar-refractivity contribution in [1.29, 1.82) is 0 Å². The first kappa shape index (κ1) is 10.3. The van der Waals surface area contributed by atoms with Gasteiger partial charge in [0.25, 0.3) is 0 Å². The summed E-state index contributed by atoms with van der Waals surface area (Å²) in [5, 5.41) is 18.3.